The number of benzene rings is 3. The van der Waals surface area contributed by atoms with Crippen LogP contribution in [0.5, 0.6) is 11.5 Å². The lowest BCUT2D eigenvalue weighted by atomic mass is 9.76. The minimum atomic E-state index is -1.44. The summed E-state index contributed by atoms with van der Waals surface area (Å²) in [7, 11) is 2.72. The molecule has 0 radical (unpaired) electrons. The molecule has 0 fully saturated rings. The summed E-state index contributed by atoms with van der Waals surface area (Å²) in [6.45, 7) is 0. The summed E-state index contributed by atoms with van der Waals surface area (Å²) in [5, 5.41) is 0. The van der Waals surface area contributed by atoms with Crippen LogP contribution >= 0.6 is 0 Å². The van der Waals surface area contributed by atoms with Crippen molar-refractivity contribution >= 4 is 29.6 Å². The van der Waals surface area contributed by atoms with Crippen molar-refractivity contribution < 1.29 is 23.9 Å². The monoisotopic (exact) mass is 427 g/mol. The Morgan fingerprint density at radius 1 is 0.719 bits per heavy atom. The number of carbonyl (C=O) groups excluding carboxylic acids is 3. The Bertz CT molecular complexity index is 1220. The second-order valence-electron chi connectivity index (χ2n) is 6.41. The van der Waals surface area contributed by atoms with Crippen LogP contribution in [0.4, 0.5) is 11.4 Å². The van der Waals surface area contributed by atoms with E-state index in [0.29, 0.717) is 16.7 Å². The molecule has 158 valence electrons. The van der Waals surface area contributed by atoms with E-state index in [2.05, 4.69) is 15.0 Å². The van der Waals surface area contributed by atoms with Crippen LogP contribution in [0.1, 0.15) is 16.7 Å². The van der Waals surface area contributed by atoms with Crippen LogP contribution in [0.2, 0.25) is 0 Å². The molecule has 0 aliphatic heterocycles. The minimum absolute atomic E-state index is 0.0508. The van der Waals surface area contributed by atoms with Crippen molar-refractivity contribution in [3.63, 3.8) is 0 Å². The van der Waals surface area contributed by atoms with Gasteiger partial charge in [-0.15, -0.1) is 0 Å². The average molecular weight is 427 g/mol. The summed E-state index contributed by atoms with van der Waals surface area (Å²) in [4.78, 5) is 45.6. The molecule has 0 aliphatic rings. The van der Waals surface area contributed by atoms with Crippen molar-refractivity contribution in [1.29, 1.82) is 0 Å². The van der Waals surface area contributed by atoms with Gasteiger partial charge in [0.1, 0.15) is 17.1 Å². The van der Waals surface area contributed by atoms with Gasteiger partial charge in [-0.1, -0.05) is 60.7 Å². The smallest absolute Gasteiger partial charge is 0.240 e. The molecule has 0 heterocycles. The molecule has 0 amide bonds. The molecule has 0 N–H and O–H groups in total. The van der Waals surface area contributed by atoms with Crippen LogP contribution in [0.15, 0.2) is 81.7 Å². The van der Waals surface area contributed by atoms with E-state index in [1.54, 1.807) is 54.6 Å². The number of nitrogens with zero attached hydrogens (tertiary/aromatic N) is 3. The number of isocyanates is 3. The average Bonchev–Trinajstić information content (AvgIpc) is 2.84. The Morgan fingerprint density at radius 2 is 1.25 bits per heavy atom. The lowest BCUT2D eigenvalue weighted by Gasteiger charge is -2.32. The van der Waals surface area contributed by atoms with E-state index in [1.807, 2.05) is 12.1 Å². The van der Waals surface area contributed by atoms with Crippen molar-refractivity contribution in [3.05, 3.63) is 83.4 Å². The summed E-state index contributed by atoms with van der Waals surface area (Å²) >= 11 is 0. The molecule has 0 saturated heterocycles. The molecule has 0 bridgehead atoms. The predicted octanol–water partition coefficient (Wildman–Crippen LogP) is 4.27. The second-order valence-corrected chi connectivity index (χ2v) is 6.41. The lowest BCUT2D eigenvalue weighted by molar-refractivity contribution is 0.394. The number of hydrogen-bond donors (Lipinski definition) is 0. The van der Waals surface area contributed by atoms with E-state index in [0.717, 1.165) is 0 Å². The maximum absolute atomic E-state index is 11.8. The fraction of sp³-hybridized carbons (Fsp3) is 0.125. The van der Waals surface area contributed by atoms with E-state index in [9.17, 15) is 14.4 Å². The zero-order valence-corrected chi connectivity index (χ0v) is 17.2. The Morgan fingerprint density at radius 3 is 1.69 bits per heavy atom. The molecular formula is C24H17N3O5. The third kappa shape index (κ3) is 3.76. The zero-order chi connectivity index (χ0) is 23.0. The molecule has 3 aromatic carbocycles. The first-order chi connectivity index (χ1) is 15.7. The molecule has 8 heteroatoms. The minimum Gasteiger partial charge on any atom is -0.494 e. The van der Waals surface area contributed by atoms with Gasteiger partial charge in [0, 0.05) is 5.56 Å². The number of methoxy groups -OCH3 is 2. The number of aliphatic imine (C=N–C) groups is 3. The molecule has 0 aromatic heterocycles. The van der Waals surface area contributed by atoms with E-state index in [4.69, 9.17) is 9.47 Å². The lowest BCUT2D eigenvalue weighted by Crippen LogP contribution is -2.28. The van der Waals surface area contributed by atoms with E-state index >= 15 is 0 Å². The topological polar surface area (TPSA) is 107 Å². The summed E-state index contributed by atoms with van der Waals surface area (Å²) < 4.78 is 11.0. The highest BCUT2D eigenvalue weighted by atomic mass is 16.5. The van der Waals surface area contributed by atoms with Crippen molar-refractivity contribution in [2.24, 2.45) is 15.0 Å². The Labute approximate surface area is 183 Å². The predicted molar refractivity (Wildman–Crippen MR) is 116 cm³/mol. The van der Waals surface area contributed by atoms with Crippen LogP contribution in [-0.2, 0) is 19.9 Å². The SMILES string of the molecule is COc1cc(C(N=C=O)(c2ccccc2)c2ccccc2)c(OC)c(N=C=O)c1N=C=O. The Kier molecular flexibility index (Phi) is 6.86. The summed E-state index contributed by atoms with van der Waals surface area (Å²) in [5.41, 5.74) is -0.0878. The van der Waals surface area contributed by atoms with Crippen molar-refractivity contribution in [1.82, 2.24) is 0 Å². The van der Waals surface area contributed by atoms with E-state index < -0.39 is 5.54 Å². The number of ether oxygens (including phenoxy) is 2. The molecule has 0 spiro atoms. The number of rotatable bonds is 8. The van der Waals surface area contributed by atoms with Gasteiger partial charge in [0.15, 0.2) is 11.3 Å². The highest BCUT2D eigenvalue weighted by molar-refractivity contribution is 5.83. The van der Waals surface area contributed by atoms with Crippen LogP contribution in [0, 0.1) is 0 Å². The van der Waals surface area contributed by atoms with Crippen LogP contribution in [-0.4, -0.2) is 32.5 Å². The van der Waals surface area contributed by atoms with E-state index in [-0.39, 0.29) is 22.9 Å². The van der Waals surface area contributed by atoms with Gasteiger partial charge >= 0.3 is 0 Å². The fourth-order valence-corrected chi connectivity index (χ4v) is 3.65. The molecule has 3 aromatic rings. The van der Waals surface area contributed by atoms with Crippen molar-refractivity contribution in [2.45, 2.75) is 5.54 Å². The van der Waals surface area contributed by atoms with Crippen molar-refractivity contribution in [3.8, 4) is 11.5 Å². The van der Waals surface area contributed by atoms with E-state index in [1.165, 1.54) is 32.4 Å². The van der Waals surface area contributed by atoms with Gasteiger partial charge < -0.3 is 9.47 Å². The fourth-order valence-electron chi connectivity index (χ4n) is 3.65. The zero-order valence-electron chi connectivity index (χ0n) is 17.2. The normalized spacial score (nSPS) is 10.2. The van der Waals surface area contributed by atoms with Crippen molar-refractivity contribution in [2.75, 3.05) is 14.2 Å². The third-order valence-electron chi connectivity index (χ3n) is 4.92. The maximum Gasteiger partial charge on any atom is 0.240 e. The molecule has 3 rings (SSSR count). The summed E-state index contributed by atoms with van der Waals surface area (Å²) in [5.74, 6) is 0.144. The first kappa shape index (κ1) is 22.1. The largest absolute Gasteiger partial charge is 0.494 e. The molecule has 0 saturated carbocycles. The van der Waals surface area contributed by atoms with Gasteiger partial charge in [-0.2, -0.15) is 15.0 Å². The van der Waals surface area contributed by atoms with Gasteiger partial charge in [0.25, 0.3) is 0 Å². The molecule has 8 nitrogen and oxygen atoms in total. The van der Waals surface area contributed by atoms with Gasteiger partial charge in [-0.05, 0) is 17.2 Å². The summed E-state index contributed by atoms with van der Waals surface area (Å²) in [6.07, 6.45) is 4.53. The molecule has 0 atom stereocenters. The Balaban J connectivity index is 2.61. The van der Waals surface area contributed by atoms with Gasteiger partial charge in [-0.3, -0.25) is 0 Å². The molecule has 0 aliphatic carbocycles. The van der Waals surface area contributed by atoms with Crippen LogP contribution in [0.3, 0.4) is 0 Å². The first-order valence-electron chi connectivity index (χ1n) is 9.33. The highest BCUT2D eigenvalue weighted by Gasteiger charge is 2.41. The maximum atomic E-state index is 11.8. The highest BCUT2D eigenvalue weighted by Crippen LogP contribution is 2.53. The van der Waals surface area contributed by atoms with Gasteiger partial charge in [0.05, 0.1) is 14.2 Å². The molecular weight excluding hydrogens is 410 g/mol. The Hall–Kier alpha value is -4.60. The standard InChI is InChI=1S/C24H17N3O5/c1-31-20-13-19(23(32-2)22(26-15-29)21(20)25-14-28)24(27-16-30,17-9-5-3-6-10-17)18-11-7-4-8-12-18/h3-13H,1-2H3. The first-order valence-corrected chi connectivity index (χ1v) is 9.33. The summed E-state index contributed by atoms with van der Waals surface area (Å²) in [6, 6.07) is 19.5. The van der Waals surface area contributed by atoms with Crippen LogP contribution < -0.4 is 9.47 Å². The molecule has 0 unspecified atom stereocenters. The number of hydrogen-bond acceptors (Lipinski definition) is 8. The molecule has 32 heavy (non-hydrogen) atoms. The van der Waals surface area contributed by atoms with Gasteiger partial charge in [-0.25, -0.2) is 14.4 Å². The quantitative estimate of drug-likeness (QED) is 0.303. The second kappa shape index (κ2) is 9.94. The van der Waals surface area contributed by atoms with Crippen LogP contribution in [0.25, 0.3) is 0 Å². The third-order valence-corrected chi connectivity index (χ3v) is 4.92. The van der Waals surface area contributed by atoms with Gasteiger partial charge in [0.2, 0.25) is 18.2 Å².